The van der Waals surface area contributed by atoms with E-state index in [9.17, 15) is 0 Å². The average molecular weight is 189 g/mol. The van der Waals surface area contributed by atoms with Gasteiger partial charge in [-0.2, -0.15) is 0 Å². The van der Waals surface area contributed by atoms with Crippen LogP contribution in [0.15, 0.2) is 12.5 Å². The van der Waals surface area contributed by atoms with Gasteiger partial charge < -0.3 is 10.3 Å². The lowest BCUT2D eigenvalue weighted by Crippen LogP contribution is -2.32. The summed E-state index contributed by atoms with van der Waals surface area (Å²) < 4.78 is 2.10. The zero-order chi connectivity index (χ0) is 9.54. The zero-order valence-corrected chi connectivity index (χ0v) is 7.72. The lowest BCUT2D eigenvalue weighted by atomic mass is 10.1. The van der Waals surface area contributed by atoms with Crippen LogP contribution in [0.2, 0.25) is 0 Å². The van der Waals surface area contributed by atoms with Crippen molar-refractivity contribution in [3.8, 4) is 0 Å². The number of hydrogen-bond donors (Lipinski definition) is 1. The van der Waals surface area contributed by atoms with Crippen LogP contribution in [0.25, 0.3) is 11.2 Å². The van der Waals surface area contributed by atoms with Crippen LogP contribution >= 0.6 is 0 Å². The molecule has 0 aliphatic carbocycles. The molecule has 2 N–H and O–H groups in total. The minimum absolute atomic E-state index is 0.231. The zero-order valence-electron chi connectivity index (χ0n) is 7.72. The molecule has 5 nitrogen and oxygen atoms in total. The summed E-state index contributed by atoms with van der Waals surface area (Å²) in [6, 6.07) is 0.231. The third-order valence-corrected chi connectivity index (χ3v) is 2.65. The van der Waals surface area contributed by atoms with Crippen LogP contribution in [0, 0.1) is 0 Å². The minimum Gasteiger partial charge on any atom is -0.326 e. The van der Waals surface area contributed by atoms with Gasteiger partial charge in [-0.1, -0.05) is 0 Å². The van der Waals surface area contributed by atoms with Crippen LogP contribution < -0.4 is 5.73 Å². The maximum absolute atomic E-state index is 5.91. The molecule has 0 aromatic carbocycles. The molecule has 3 heterocycles. The van der Waals surface area contributed by atoms with E-state index in [0.29, 0.717) is 0 Å². The van der Waals surface area contributed by atoms with Crippen molar-refractivity contribution in [2.75, 3.05) is 0 Å². The lowest BCUT2D eigenvalue weighted by Gasteiger charge is -2.19. The maximum Gasteiger partial charge on any atom is 0.163 e. The fraction of sp³-hybridized carbons (Fsp3) is 0.444. The average Bonchev–Trinajstić information content (AvgIpc) is 2.56. The molecule has 0 saturated carbocycles. The van der Waals surface area contributed by atoms with E-state index in [2.05, 4.69) is 19.5 Å². The first-order valence-electron chi connectivity index (χ1n) is 4.75. The second-order valence-electron chi connectivity index (χ2n) is 3.67. The second kappa shape index (κ2) is 2.75. The number of fused-ring (bicyclic) bond motifs is 3. The van der Waals surface area contributed by atoms with Gasteiger partial charge in [0, 0.05) is 19.0 Å². The van der Waals surface area contributed by atoms with Crippen molar-refractivity contribution in [1.29, 1.82) is 0 Å². The summed E-state index contributed by atoms with van der Waals surface area (Å²) in [5, 5.41) is 0. The largest absolute Gasteiger partial charge is 0.326 e. The van der Waals surface area contributed by atoms with Gasteiger partial charge in [-0.25, -0.2) is 15.0 Å². The van der Waals surface area contributed by atoms with Crippen LogP contribution in [0.1, 0.15) is 12.2 Å². The topological polar surface area (TPSA) is 69.6 Å². The maximum atomic E-state index is 5.91. The highest BCUT2D eigenvalue weighted by molar-refractivity contribution is 5.70. The molecule has 2 aromatic rings. The van der Waals surface area contributed by atoms with Gasteiger partial charge in [0.05, 0.1) is 6.20 Å². The van der Waals surface area contributed by atoms with Gasteiger partial charge in [0.1, 0.15) is 17.7 Å². The Morgan fingerprint density at radius 2 is 2.43 bits per heavy atom. The Balaban J connectivity index is 2.25. The number of hydrogen-bond acceptors (Lipinski definition) is 4. The van der Waals surface area contributed by atoms with Gasteiger partial charge in [0.25, 0.3) is 0 Å². The van der Waals surface area contributed by atoms with E-state index in [0.717, 1.165) is 36.4 Å². The van der Waals surface area contributed by atoms with Gasteiger partial charge in [-0.3, -0.25) is 0 Å². The van der Waals surface area contributed by atoms with Crippen LogP contribution in [-0.2, 0) is 13.0 Å². The Bertz CT molecular complexity index is 475. The first-order chi connectivity index (χ1) is 6.84. The summed E-state index contributed by atoms with van der Waals surface area (Å²) in [4.78, 5) is 12.6. The molecule has 1 aliphatic rings. The van der Waals surface area contributed by atoms with E-state index < -0.39 is 0 Å². The van der Waals surface area contributed by atoms with Crippen molar-refractivity contribution in [3.05, 3.63) is 18.3 Å². The molecular formula is C9H11N5. The van der Waals surface area contributed by atoms with Crippen molar-refractivity contribution in [3.63, 3.8) is 0 Å². The molecule has 1 atom stereocenters. The van der Waals surface area contributed by atoms with E-state index in [1.54, 1.807) is 12.5 Å². The molecule has 0 unspecified atom stereocenters. The van der Waals surface area contributed by atoms with Crippen molar-refractivity contribution >= 4 is 11.2 Å². The molecule has 0 spiro atoms. The summed E-state index contributed by atoms with van der Waals surface area (Å²) in [7, 11) is 0. The van der Waals surface area contributed by atoms with Gasteiger partial charge in [0.2, 0.25) is 0 Å². The highest BCUT2D eigenvalue weighted by atomic mass is 15.2. The molecule has 0 fully saturated rings. The summed E-state index contributed by atoms with van der Waals surface area (Å²) in [5.74, 6) is 1.09. The van der Waals surface area contributed by atoms with Crippen molar-refractivity contribution in [1.82, 2.24) is 19.5 Å². The number of imidazole rings is 1. The number of aromatic nitrogens is 4. The standard InChI is InChI=1S/C9H11N5/c10-6-1-2-8-13-7-3-11-5-12-9(7)14(8)4-6/h3,5-6H,1-2,4,10H2/t6-/m1/s1. The highest BCUT2D eigenvalue weighted by Crippen LogP contribution is 2.18. The van der Waals surface area contributed by atoms with Crippen LogP contribution in [0.4, 0.5) is 0 Å². The smallest absolute Gasteiger partial charge is 0.163 e. The van der Waals surface area contributed by atoms with Crippen LogP contribution in [0.3, 0.4) is 0 Å². The monoisotopic (exact) mass is 189 g/mol. The van der Waals surface area contributed by atoms with Gasteiger partial charge in [0.15, 0.2) is 5.65 Å². The van der Waals surface area contributed by atoms with E-state index in [1.165, 1.54) is 0 Å². The number of nitrogens with two attached hydrogens (primary N) is 1. The first kappa shape index (κ1) is 7.87. The summed E-state index contributed by atoms with van der Waals surface area (Å²) in [5.41, 5.74) is 7.69. The Hall–Kier alpha value is -1.49. The molecule has 1 aliphatic heterocycles. The molecule has 0 amide bonds. The molecular weight excluding hydrogens is 178 g/mol. The summed E-state index contributed by atoms with van der Waals surface area (Å²) in [6.45, 7) is 0.822. The minimum atomic E-state index is 0.231. The quantitative estimate of drug-likeness (QED) is 0.638. The Morgan fingerprint density at radius 1 is 1.50 bits per heavy atom. The van der Waals surface area contributed by atoms with Gasteiger partial charge >= 0.3 is 0 Å². The molecule has 72 valence electrons. The van der Waals surface area contributed by atoms with E-state index in [1.807, 2.05) is 0 Å². The Kier molecular flexibility index (Phi) is 1.55. The van der Waals surface area contributed by atoms with Crippen LogP contribution in [-0.4, -0.2) is 25.6 Å². The number of nitrogens with zero attached hydrogens (tertiary/aromatic N) is 4. The van der Waals surface area contributed by atoms with Crippen molar-refractivity contribution in [2.45, 2.75) is 25.4 Å². The fourth-order valence-electron chi connectivity index (χ4n) is 1.95. The summed E-state index contributed by atoms with van der Waals surface area (Å²) >= 11 is 0. The molecule has 2 aromatic heterocycles. The molecule has 0 radical (unpaired) electrons. The SMILES string of the molecule is N[C@@H]1CCc2nc3cncnc3n2C1. The normalized spacial score (nSPS) is 21.1. The molecule has 5 heteroatoms. The predicted molar refractivity (Wildman–Crippen MR) is 51.6 cm³/mol. The second-order valence-corrected chi connectivity index (χ2v) is 3.67. The molecule has 0 bridgehead atoms. The van der Waals surface area contributed by atoms with E-state index >= 15 is 0 Å². The van der Waals surface area contributed by atoms with E-state index in [4.69, 9.17) is 5.73 Å². The number of rotatable bonds is 0. The first-order valence-corrected chi connectivity index (χ1v) is 4.75. The van der Waals surface area contributed by atoms with Crippen LogP contribution in [0.5, 0.6) is 0 Å². The fourth-order valence-corrected chi connectivity index (χ4v) is 1.95. The van der Waals surface area contributed by atoms with Crippen molar-refractivity contribution < 1.29 is 0 Å². The molecule has 3 rings (SSSR count). The van der Waals surface area contributed by atoms with Crippen molar-refractivity contribution in [2.24, 2.45) is 5.73 Å². The Labute approximate surface area is 81.0 Å². The third kappa shape index (κ3) is 1.02. The summed E-state index contributed by atoms with van der Waals surface area (Å²) in [6.07, 6.45) is 5.25. The predicted octanol–water partition coefficient (Wildman–Crippen LogP) is 0.0998. The Morgan fingerprint density at radius 3 is 3.36 bits per heavy atom. The highest BCUT2D eigenvalue weighted by Gasteiger charge is 2.19. The molecule has 14 heavy (non-hydrogen) atoms. The number of aryl methyl sites for hydroxylation is 1. The lowest BCUT2D eigenvalue weighted by molar-refractivity contribution is 0.460. The van der Waals surface area contributed by atoms with Gasteiger partial charge in [-0.05, 0) is 6.42 Å². The van der Waals surface area contributed by atoms with Gasteiger partial charge in [-0.15, -0.1) is 0 Å². The third-order valence-electron chi connectivity index (χ3n) is 2.65. The van der Waals surface area contributed by atoms with E-state index in [-0.39, 0.29) is 6.04 Å². The molecule has 0 saturated heterocycles.